The van der Waals surface area contributed by atoms with Crippen molar-refractivity contribution in [1.82, 2.24) is 15.2 Å². The average Bonchev–Trinajstić information content (AvgIpc) is 3.38. The molecule has 0 radical (unpaired) electrons. The largest absolute Gasteiger partial charge is 0.361 e. The van der Waals surface area contributed by atoms with E-state index in [-0.39, 0.29) is 11.8 Å². The molecule has 0 unspecified atom stereocenters. The predicted molar refractivity (Wildman–Crippen MR) is 106 cm³/mol. The topological polar surface area (TPSA) is 65.2 Å². The molecule has 1 atom stereocenters. The van der Waals surface area contributed by atoms with Gasteiger partial charge in [0.05, 0.1) is 0 Å². The molecule has 1 aliphatic heterocycles. The monoisotopic (exact) mass is 361 g/mol. The van der Waals surface area contributed by atoms with Crippen molar-refractivity contribution in [2.45, 2.75) is 25.3 Å². The standard InChI is InChI=1S/C22H23N3O2/c26-21(16-8-2-1-3-9-16)24-20(22(27)25-12-6-7-13-25)14-17-15-23-19-11-5-4-10-18(17)19/h1-5,8-11,15,20,23H,6-7,12-14H2,(H,24,26)/t20-/m1/s1. The molecule has 0 saturated carbocycles. The van der Waals surface area contributed by atoms with Gasteiger partial charge in [0.15, 0.2) is 0 Å². The molecule has 2 amide bonds. The number of carbonyl (C=O) groups is 2. The maximum atomic E-state index is 13.1. The number of likely N-dealkylation sites (tertiary alicyclic amines) is 1. The van der Waals surface area contributed by atoms with Gasteiger partial charge in [0.1, 0.15) is 6.04 Å². The lowest BCUT2D eigenvalue weighted by atomic mass is 10.0. The van der Waals surface area contributed by atoms with Crippen molar-refractivity contribution in [3.8, 4) is 0 Å². The molecule has 27 heavy (non-hydrogen) atoms. The molecule has 0 aliphatic carbocycles. The molecule has 1 aromatic heterocycles. The highest BCUT2D eigenvalue weighted by molar-refractivity contribution is 5.98. The van der Waals surface area contributed by atoms with E-state index in [1.165, 1.54) is 0 Å². The van der Waals surface area contributed by atoms with Crippen LogP contribution in [0.2, 0.25) is 0 Å². The van der Waals surface area contributed by atoms with Crippen molar-refractivity contribution in [2.24, 2.45) is 0 Å². The number of H-pyrrole nitrogens is 1. The summed E-state index contributed by atoms with van der Waals surface area (Å²) in [6.07, 6.45) is 4.46. The Labute approximate surface area is 158 Å². The van der Waals surface area contributed by atoms with E-state index < -0.39 is 6.04 Å². The highest BCUT2D eigenvalue weighted by atomic mass is 16.2. The van der Waals surface area contributed by atoms with Crippen LogP contribution in [0.4, 0.5) is 0 Å². The first-order valence-corrected chi connectivity index (χ1v) is 9.42. The fourth-order valence-corrected chi connectivity index (χ4v) is 3.71. The van der Waals surface area contributed by atoms with Gasteiger partial charge in [-0.05, 0) is 36.6 Å². The van der Waals surface area contributed by atoms with Gasteiger partial charge in [-0.3, -0.25) is 9.59 Å². The number of aromatic amines is 1. The number of para-hydroxylation sites is 1. The van der Waals surface area contributed by atoms with E-state index in [1.54, 1.807) is 12.1 Å². The van der Waals surface area contributed by atoms with Crippen LogP contribution in [0.1, 0.15) is 28.8 Å². The quantitative estimate of drug-likeness (QED) is 0.733. The van der Waals surface area contributed by atoms with Crippen molar-refractivity contribution >= 4 is 22.7 Å². The number of hydrogen-bond acceptors (Lipinski definition) is 2. The van der Waals surface area contributed by atoms with Crippen LogP contribution in [-0.4, -0.2) is 40.8 Å². The van der Waals surface area contributed by atoms with E-state index in [9.17, 15) is 9.59 Å². The number of nitrogens with zero attached hydrogens (tertiary/aromatic N) is 1. The van der Waals surface area contributed by atoms with E-state index in [2.05, 4.69) is 10.3 Å². The lowest BCUT2D eigenvalue weighted by Crippen LogP contribution is -2.49. The lowest BCUT2D eigenvalue weighted by molar-refractivity contribution is -0.132. The summed E-state index contributed by atoms with van der Waals surface area (Å²) in [6.45, 7) is 1.54. The van der Waals surface area contributed by atoms with E-state index in [0.717, 1.165) is 42.4 Å². The molecule has 1 fully saturated rings. The van der Waals surface area contributed by atoms with Gasteiger partial charge in [-0.15, -0.1) is 0 Å². The first-order valence-electron chi connectivity index (χ1n) is 9.42. The van der Waals surface area contributed by atoms with Crippen LogP contribution in [0.25, 0.3) is 10.9 Å². The summed E-state index contributed by atoms with van der Waals surface area (Å²) in [4.78, 5) is 30.9. The summed E-state index contributed by atoms with van der Waals surface area (Å²) in [7, 11) is 0. The maximum absolute atomic E-state index is 13.1. The zero-order chi connectivity index (χ0) is 18.6. The van der Waals surface area contributed by atoms with E-state index in [1.807, 2.05) is 53.6 Å². The minimum Gasteiger partial charge on any atom is -0.361 e. The average molecular weight is 361 g/mol. The Kier molecular flexibility index (Phi) is 4.92. The molecular formula is C22H23N3O2. The third-order valence-corrected chi connectivity index (χ3v) is 5.16. The zero-order valence-corrected chi connectivity index (χ0v) is 15.2. The fourth-order valence-electron chi connectivity index (χ4n) is 3.71. The van der Waals surface area contributed by atoms with Gasteiger partial charge in [-0.1, -0.05) is 36.4 Å². The number of rotatable bonds is 5. The van der Waals surface area contributed by atoms with Crippen molar-refractivity contribution in [3.63, 3.8) is 0 Å². The molecule has 5 heteroatoms. The summed E-state index contributed by atoms with van der Waals surface area (Å²) in [5.74, 6) is -0.213. The zero-order valence-electron chi connectivity index (χ0n) is 15.2. The molecular weight excluding hydrogens is 338 g/mol. The van der Waals surface area contributed by atoms with Crippen LogP contribution in [0, 0.1) is 0 Å². The summed E-state index contributed by atoms with van der Waals surface area (Å²) in [6, 6.07) is 16.5. The Morgan fingerprint density at radius 1 is 1.00 bits per heavy atom. The van der Waals surface area contributed by atoms with Crippen molar-refractivity contribution in [1.29, 1.82) is 0 Å². The SMILES string of the molecule is O=C(N[C@H](Cc1c[nH]c2ccccc12)C(=O)N1CCCC1)c1ccccc1. The van der Waals surface area contributed by atoms with Gasteiger partial charge in [0.2, 0.25) is 5.91 Å². The predicted octanol–water partition coefficient (Wildman–Crippen LogP) is 3.13. The highest BCUT2D eigenvalue weighted by Crippen LogP contribution is 2.20. The highest BCUT2D eigenvalue weighted by Gasteiger charge is 2.29. The first kappa shape index (κ1) is 17.3. The van der Waals surface area contributed by atoms with Crippen LogP contribution >= 0.6 is 0 Å². The normalized spacial score (nSPS) is 15.0. The summed E-state index contributed by atoms with van der Waals surface area (Å²) in [5, 5.41) is 4.06. The second kappa shape index (κ2) is 7.66. The minimum absolute atomic E-state index is 0.00191. The number of carbonyl (C=O) groups excluding carboxylic acids is 2. The van der Waals surface area contributed by atoms with Crippen LogP contribution in [0.3, 0.4) is 0 Å². The minimum atomic E-state index is -0.574. The molecule has 4 rings (SSSR count). The Morgan fingerprint density at radius 2 is 1.70 bits per heavy atom. The maximum Gasteiger partial charge on any atom is 0.251 e. The summed E-state index contributed by atoms with van der Waals surface area (Å²) >= 11 is 0. The van der Waals surface area contributed by atoms with E-state index >= 15 is 0 Å². The van der Waals surface area contributed by atoms with E-state index in [4.69, 9.17) is 0 Å². The number of benzene rings is 2. The molecule has 1 saturated heterocycles. The van der Waals surface area contributed by atoms with Crippen molar-refractivity contribution in [3.05, 3.63) is 71.9 Å². The van der Waals surface area contributed by atoms with Gasteiger partial charge >= 0.3 is 0 Å². The van der Waals surface area contributed by atoms with Crippen molar-refractivity contribution < 1.29 is 9.59 Å². The molecule has 138 valence electrons. The van der Waals surface area contributed by atoms with Crippen LogP contribution < -0.4 is 5.32 Å². The van der Waals surface area contributed by atoms with Gasteiger partial charge in [0.25, 0.3) is 5.91 Å². The van der Waals surface area contributed by atoms with Crippen LogP contribution in [0.5, 0.6) is 0 Å². The Morgan fingerprint density at radius 3 is 2.48 bits per heavy atom. The summed E-state index contributed by atoms with van der Waals surface area (Å²) in [5.41, 5.74) is 2.64. The number of fused-ring (bicyclic) bond motifs is 1. The number of hydrogen-bond donors (Lipinski definition) is 2. The third-order valence-electron chi connectivity index (χ3n) is 5.16. The van der Waals surface area contributed by atoms with Crippen LogP contribution in [0.15, 0.2) is 60.8 Å². The van der Waals surface area contributed by atoms with Gasteiger partial charge in [0, 0.05) is 42.2 Å². The molecule has 1 aliphatic rings. The Balaban J connectivity index is 1.59. The first-order chi connectivity index (χ1) is 13.2. The fraction of sp³-hybridized carbons (Fsp3) is 0.273. The molecule has 3 aromatic rings. The molecule has 0 spiro atoms. The summed E-state index contributed by atoms with van der Waals surface area (Å²) < 4.78 is 0. The second-order valence-electron chi connectivity index (χ2n) is 6.99. The second-order valence-corrected chi connectivity index (χ2v) is 6.99. The number of aromatic nitrogens is 1. The van der Waals surface area contributed by atoms with E-state index in [0.29, 0.717) is 12.0 Å². The molecule has 2 aromatic carbocycles. The Bertz CT molecular complexity index is 942. The van der Waals surface area contributed by atoms with Crippen molar-refractivity contribution in [2.75, 3.05) is 13.1 Å². The molecule has 2 heterocycles. The lowest BCUT2D eigenvalue weighted by Gasteiger charge is -2.24. The molecule has 2 N–H and O–H groups in total. The molecule has 5 nitrogen and oxygen atoms in total. The third kappa shape index (κ3) is 3.72. The number of amides is 2. The van der Waals surface area contributed by atoms with Gasteiger partial charge in [-0.25, -0.2) is 0 Å². The molecule has 0 bridgehead atoms. The Hall–Kier alpha value is -3.08. The van der Waals surface area contributed by atoms with Crippen LogP contribution in [-0.2, 0) is 11.2 Å². The van der Waals surface area contributed by atoms with Gasteiger partial charge < -0.3 is 15.2 Å². The smallest absolute Gasteiger partial charge is 0.251 e. The number of nitrogens with one attached hydrogen (secondary N) is 2. The van der Waals surface area contributed by atoms with Gasteiger partial charge in [-0.2, -0.15) is 0 Å².